The van der Waals surface area contributed by atoms with E-state index in [4.69, 9.17) is 4.74 Å². The molecular weight excluding hydrogens is 321 g/mol. The molecule has 0 saturated carbocycles. The van der Waals surface area contributed by atoms with Crippen LogP contribution in [0.15, 0.2) is 40.9 Å². The number of hydrogen-bond donors (Lipinski definition) is 1. The molecule has 106 valence electrons. The first-order valence-electron chi connectivity index (χ1n) is 6.42. The molecule has 2 nitrogen and oxygen atoms in total. The van der Waals surface area contributed by atoms with Gasteiger partial charge in [0, 0.05) is 16.1 Å². The van der Waals surface area contributed by atoms with Crippen LogP contribution in [0.1, 0.15) is 24.1 Å². The predicted octanol–water partition coefficient (Wildman–Crippen LogP) is 4.97. The summed E-state index contributed by atoms with van der Waals surface area (Å²) in [6.07, 6.45) is 0. The van der Waals surface area contributed by atoms with Gasteiger partial charge in [-0.1, -0.05) is 15.9 Å². The Labute approximate surface area is 127 Å². The standard InChI is InChI=1S/C16H17BrFNO/c1-10-8-12(17)4-6-15(10)20-16-7-5-13(18)9-14(16)11(2)19-3/h4-9,11,19H,1-3H3. The van der Waals surface area contributed by atoms with E-state index in [1.54, 1.807) is 6.07 Å². The summed E-state index contributed by atoms with van der Waals surface area (Å²) < 4.78 is 20.4. The van der Waals surface area contributed by atoms with Crippen molar-refractivity contribution in [3.05, 3.63) is 57.8 Å². The summed E-state index contributed by atoms with van der Waals surface area (Å²) in [6.45, 7) is 3.95. The topological polar surface area (TPSA) is 21.3 Å². The lowest BCUT2D eigenvalue weighted by Gasteiger charge is -2.17. The Kier molecular flexibility index (Phi) is 4.78. The second kappa shape index (κ2) is 6.37. The van der Waals surface area contributed by atoms with Crippen LogP contribution in [0.3, 0.4) is 0 Å². The second-order valence-electron chi connectivity index (χ2n) is 4.70. The minimum absolute atomic E-state index is 0.0106. The fourth-order valence-corrected chi connectivity index (χ4v) is 2.43. The molecule has 0 fully saturated rings. The quantitative estimate of drug-likeness (QED) is 0.850. The highest BCUT2D eigenvalue weighted by Gasteiger charge is 2.13. The van der Waals surface area contributed by atoms with Crippen molar-refractivity contribution < 1.29 is 9.13 Å². The summed E-state index contributed by atoms with van der Waals surface area (Å²) in [7, 11) is 1.84. The molecule has 2 aromatic rings. The fourth-order valence-electron chi connectivity index (χ4n) is 1.95. The van der Waals surface area contributed by atoms with Crippen molar-refractivity contribution in [3.63, 3.8) is 0 Å². The van der Waals surface area contributed by atoms with Gasteiger partial charge in [0.05, 0.1) is 0 Å². The van der Waals surface area contributed by atoms with Gasteiger partial charge in [-0.2, -0.15) is 0 Å². The molecule has 0 aliphatic heterocycles. The molecule has 0 aliphatic carbocycles. The minimum Gasteiger partial charge on any atom is -0.457 e. The molecule has 1 N–H and O–H groups in total. The SMILES string of the molecule is CNC(C)c1cc(F)ccc1Oc1ccc(Br)cc1C. The summed E-state index contributed by atoms with van der Waals surface area (Å²) in [4.78, 5) is 0. The summed E-state index contributed by atoms with van der Waals surface area (Å²) in [5.41, 5.74) is 1.82. The van der Waals surface area contributed by atoms with E-state index in [9.17, 15) is 4.39 Å². The van der Waals surface area contributed by atoms with Gasteiger partial charge in [0.1, 0.15) is 17.3 Å². The van der Waals surface area contributed by atoms with Gasteiger partial charge in [-0.3, -0.25) is 0 Å². The summed E-state index contributed by atoms with van der Waals surface area (Å²) in [5, 5.41) is 3.10. The maximum Gasteiger partial charge on any atom is 0.132 e. The van der Waals surface area contributed by atoms with Crippen molar-refractivity contribution in [2.24, 2.45) is 0 Å². The second-order valence-corrected chi connectivity index (χ2v) is 5.62. The highest BCUT2D eigenvalue weighted by molar-refractivity contribution is 9.10. The van der Waals surface area contributed by atoms with Gasteiger partial charge < -0.3 is 10.1 Å². The van der Waals surface area contributed by atoms with E-state index in [2.05, 4.69) is 21.2 Å². The average molecular weight is 338 g/mol. The number of nitrogens with one attached hydrogen (secondary N) is 1. The van der Waals surface area contributed by atoms with Crippen molar-refractivity contribution in [1.82, 2.24) is 5.32 Å². The van der Waals surface area contributed by atoms with E-state index >= 15 is 0 Å². The summed E-state index contributed by atoms with van der Waals surface area (Å²) >= 11 is 3.42. The largest absolute Gasteiger partial charge is 0.457 e. The van der Waals surface area contributed by atoms with E-state index in [1.165, 1.54) is 12.1 Å². The Bertz CT molecular complexity index is 615. The number of halogens is 2. The van der Waals surface area contributed by atoms with Crippen LogP contribution in [-0.2, 0) is 0 Å². The van der Waals surface area contributed by atoms with E-state index in [1.807, 2.05) is 39.1 Å². The van der Waals surface area contributed by atoms with Crippen LogP contribution < -0.4 is 10.1 Å². The fraction of sp³-hybridized carbons (Fsp3) is 0.250. The van der Waals surface area contributed by atoms with Crippen molar-refractivity contribution >= 4 is 15.9 Å². The summed E-state index contributed by atoms with van der Waals surface area (Å²) in [6, 6.07) is 10.4. The first-order valence-corrected chi connectivity index (χ1v) is 7.21. The highest BCUT2D eigenvalue weighted by atomic mass is 79.9. The van der Waals surface area contributed by atoms with Gasteiger partial charge >= 0.3 is 0 Å². The number of benzene rings is 2. The van der Waals surface area contributed by atoms with Crippen molar-refractivity contribution in [1.29, 1.82) is 0 Å². The van der Waals surface area contributed by atoms with Gasteiger partial charge in [-0.05, 0) is 62.9 Å². The molecule has 0 saturated heterocycles. The number of ether oxygens (including phenoxy) is 1. The van der Waals surface area contributed by atoms with Crippen LogP contribution in [-0.4, -0.2) is 7.05 Å². The maximum atomic E-state index is 13.4. The first-order chi connectivity index (χ1) is 9.51. The lowest BCUT2D eigenvalue weighted by molar-refractivity contribution is 0.460. The number of hydrogen-bond acceptors (Lipinski definition) is 2. The Balaban J connectivity index is 2.37. The lowest BCUT2D eigenvalue weighted by Crippen LogP contribution is -2.13. The molecule has 20 heavy (non-hydrogen) atoms. The Hall–Kier alpha value is -1.39. The van der Waals surface area contributed by atoms with Gasteiger partial charge in [-0.15, -0.1) is 0 Å². The zero-order chi connectivity index (χ0) is 14.7. The molecule has 0 aromatic heterocycles. The lowest BCUT2D eigenvalue weighted by atomic mass is 10.1. The predicted molar refractivity (Wildman–Crippen MR) is 82.8 cm³/mol. The monoisotopic (exact) mass is 337 g/mol. The third-order valence-corrected chi connectivity index (χ3v) is 3.72. The molecule has 2 aromatic carbocycles. The molecule has 0 aliphatic rings. The smallest absolute Gasteiger partial charge is 0.132 e. The zero-order valence-electron chi connectivity index (χ0n) is 11.7. The molecule has 2 rings (SSSR count). The third-order valence-electron chi connectivity index (χ3n) is 3.23. The van der Waals surface area contributed by atoms with E-state index in [0.717, 1.165) is 21.3 Å². The van der Waals surface area contributed by atoms with Gasteiger partial charge in [-0.25, -0.2) is 4.39 Å². The van der Waals surface area contributed by atoms with E-state index < -0.39 is 0 Å². The number of rotatable bonds is 4. The van der Waals surface area contributed by atoms with Crippen LogP contribution in [0.4, 0.5) is 4.39 Å². The van der Waals surface area contributed by atoms with Crippen LogP contribution in [0.25, 0.3) is 0 Å². The normalized spacial score (nSPS) is 12.2. The summed E-state index contributed by atoms with van der Waals surface area (Å²) in [5.74, 6) is 1.17. The third kappa shape index (κ3) is 3.38. The van der Waals surface area contributed by atoms with Crippen LogP contribution in [0.2, 0.25) is 0 Å². The number of aryl methyl sites for hydroxylation is 1. The Morgan fingerprint density at radius 3 is 2.50 bits per heavy atom. The minimum atomic E-state index is -0.262. The van der Waals surface area contributed by atoms with E-state index in [0.29, 0.717) is 5.75 Å². The molecule has 0 spiro atoms. The van der Waals surface area contributed by atoms with Crippen LogP contribution in [0.5, 0.6) is 11.5 Å². The molecule has 1 atom stereocenters. The zero-order valence-corrected chi connectivity index (χ0v) is 13.3. The Morgan fingerprint density at radius 1 is 1.15 bits per heavy atom. The molecule has 0 heterocycles. The molecule has 0 amide bonds. The van der Waals surface area contributed by atoms with Gasteiger partial charge in [0.25, 0.3) is 0 Å². The van der Waals surface area contributed by atoms with Crippen molar-refractivity contribution in [2.75, 3.05) is 7.05 Å². The van der Waals surface area contributed by atoms with Crippen LogP contribution in [0, 0.1) is 12.7 Å². The Morgan fingerprint density at radius 2 is 1.85 bits per heavy atom. The van der Waals surface area contributed by atoms with Crippen molar-refractivity contribution in [2.45, 2.75) is 19.9 Å². The average Bonchev–Trinajstić information content (AvgIpc) is 2.42. The first kappa shape index (κ1) is 15.0. The van der Waals surface area contributed by atoms with Crippen molar-refractivity contribution in [3.8, 4) is 11.5 Å². The molecular formula is C16H17BrFNO. The molecule has 4 heteroatoms. The molecule has 1 unspecified atom stereocenters. The highest BCUT2D eigenvalue weighted by Crippen LogP contribution is 2.32. The molecule has 0 radical (unpaired) electrons. The van der Waals surface area contributed by atoms with E-state index in [-0.39, 0.29) is 11.9 Å². The maximum absolute atomic E-state index is 13.4. The van der Waals surface area contributed by atoms with Gasteiger partial charge in [0.2, 0.25) is 0 Å². The van der Waals surface area contributed by atoms with Gasteiger partial charge in [0.15, 0.2) is 0 Å². The van der Waals surface area contributed by atoms with Crippen LogP contribution >= 0.6 is 15.9 Å². The molecule has 0 bridgehead atoms.